The molecule has 0 amide bonds. The van der Waals surface area contributed by atoms with Crippen molar-refractivity contribution in [1.82, 2.24) is 29.9 Å². The molecule has 3 radical (unpaired) electrons. The molecule has 0 fully saturated rings. The molecule has 117 heavy (non-hydrogen) atoms. The van der Waals surface area contributed by atoms with Crippen LogP contribution in [-0.4, -0.2) is 29.9 Å². The third kappa shape index (κ3) is 20.2. The summed E-state index contributed by atoms with van der Waals surface area (Å²) in [6.45, 7) is 6.36. The minimum atomic E-state index is 0. The maximum atomic E-state index is 4.55. The number of aryl methyl sites for hydroxylation is 3. The molecule has 12 heteroatoms. The first-order chi connectivity index (χ1) is 56.3. The van der Waals surface area contributed by atoms with Crippen molar-refractivity contribution < 1.29 is 60.3 Å². The number of thiophene rings is 3. The average molecular weight is 2090 g/mol. The summed E-state index contributed by atoms with van der Waals surface area (Å²) in [5.41, 5.74) is 23.0. The van der Waals surface area contributed by atoms with E-state index in [9.17, 15) is 0 Å². The van der Waals surface area contributed by atoms with Gasteiger partial charge in [0.2, 0.25) is 0 Å². The van der Waals surface area contributed by atoms with E-state index in [1.54, 1.807) is 0 Å². The van der Waals surface area contributed by atoms with E-state index in [1.807, 2.05) is 259 Å². The fourth-order valence-corrected chi connectivity index (χ4v) is 17.0. The van der Waals surface area contributed by atoms with Crippen LogP contribution in [0, 0.1) is 57.2 Å². The van der Waals surface area contributed by atoms with Gasteiger partial charge in [-0.25, -0.2) is 0 Å². The minimum Gasteiger partial charge on any atom is -0.305 e. The van der Waals surface area contributed by atoms with Crippen molar-refractivity contribution in [1.29, 1.82) is 0 Å². The van der Waals surface area contributed by atoms with Crippen LogP contribution in [0.1, 0.15) is 16.7 Å². The quantitative estimate of drug-likeness (QED) is 0.134. The molecule has 0 aliphatic carbocycles. The summed E-state index contributed by atoms with van der Waals surface area (Å²) >= 11 is 5.45. The van der Waals surface area contributed by atoms with E-state index in [2.05, 4.69) is 245 Å². The van der Waals surface area contributed by atoms with Gasteiger partial charge in [-0.3, -0.25) is 0 Å². The number of fused-ring (bicyclic) bond motifs is 9. The molecule has 0 spiro atoms. The first kappa shape index (κ1) is 83.1. The van der Waals surface area contributed by atoms with Gasteiger partial charge in [-0.15, -0.1) is 179 Å². The van der Waals surface area contributed by atoms with E-state index < -0.39 is 0 Å². The van der Waals surface area contributed by atoms with E-state index in [0.29, 0.717) is 0 Å². The summed E-state index contributed by atoms with van der Waals surface area (Å²) in [6, 6.07) is 137. The predicted octanol–water partition coefficient (Wildman–Crippen LogP) is 28.3. The number of aromatic nitrogens is 6. The van der Waals surface area contributed by atoms with Crippen molar-refractivity contribution in [3.05, 3.63) is 436 Å². The van der Waals surface area contributed by atoms with Gasteiger partial charge in [0.25, 0.3) is 0 Å². The molecule has 0 aliphatic heterocycles. The van der Waals surface area contributed by atoms with Crippen LogP contribution in [0.15, 0.2) is 383 Å². The second-order valence-corrected chi connectivity index (χ2v) is 30.1. The third-order valence-corrected chi connectivity index (χ3v) is 22.8. The maximum Gasteiger partial charge on any atom is 0.0246 e. The number of pyridine rings is 6. The van der Waals surface area contributed by atoms with Crippen LogP contribution < -0.4 is 0 Å². The maximum absolute atomic E-state index is 4.55. The van der Waals surface area contributed by atoms with Crippen molar-refractivity contribution in [3.8, 4) is 101 Å². The molecular formula is C105H72Ir3N6S3-6. The Bertz CT molecular complexity index is 6430. The first-order valence-electron chi connectivity index (χ1n) is 37.5. The molecule has 9 aromatic heterocycles. The number of nitrogens with zero attached hydrogens (tertiary/aromatic N) is 6. The molecule has 0 bridgehead atoms. The van der Waals surface area contributed by atoms with Crippen molar-refractivity contribution in [2.75, 3.05) is 0 Å². The van der Waals surface area contributed by atoms with Crippen molar-refractivity contribution in [2.24, 2.45) is 0 Å². The van der Waals surface area contributed by atoms with E-state index >= 15 is 0 Å². The van der Waals surface area contributed by atoms with Gasteiger partial charge in [-0.05, 0) is 155 Å². The van der Waals surface area contributed by atoms with Gasteiger partial charge in [-0.2, -0.15) is 34.0 Å². The molecule has 0 N–H and O–H groups in total. The molecular weight excluding hydrogens is 2020 g/mol. The van der Waals surface area contributed by atoms with Crippen molar-refractivity contribution in [3.63, 3.8) is 0 Å². The summed E-state index contributed by atoms with van der Waals surface area (Å²) < 4.78 is 7.80. The Labute approximate surface area is 735 Å². The molecule has 9 heterocycles. The van der Waals surface area contributed by atoms with Gasteiger partial charge >= 0.3 is 0 Å². The summed E-state index contributed by atoms with van der Waals surface area (Å²) in [5, 5.41) is 7.80. The normalized spacial score (nSPS) is 10.5. The predicted molar refractivity (Wildman–Crippen MR) is 480 cm³/mol. The number of hydrogen-bond acceptors (Lipinski definition) is 9. The SMILES string of the molecule is Cc1cc(-c2[c-]cccc2)ncc1-c1ccccc1.Cc1cc(-c2[c-]cccc2)ncc1-c1ccccc1.Cc1cc(-c2[c-]cccc2)ncc1-c1ccccc1.[Ir].[Ir].[Ir].[c-]1cc2c(cc1-c1ccccn1)sc1ccccc12.[c-]1cc2sc3ccccc3c2cc1-c1ccccn1.[c-]1ccc2c(sc3ccccc32)c1-c1ccccn1. The van der Waals surface area contributed by atoms with Crippen LogP contribution in [0.4, 0.5) is 0 Å². The van der Waals surface area contributed by atoms with Crippen LogP contribution >= 0.6 is 34.0 Å². The van der Waals surface area contributed by atoms with Crippen molar-refractivity contribution >= 4 is 94.5 Å². The third-order valence-electron chi connectivity index (χ3n) is 19.3. The number of hydrogen-bond donors (Lipinski definition) is 0. The van der Waals surface area contributed by atoms with Crippen LogP contribution in [0.3, 0.4) is 0 Å². The van der Waals surface area contributed by atoms with E-state index in [1.165, 1.54) is 111 Å². The van der Waals surface area contributed by atoms with Gasteiger partial charge in [0.05, 0.1) is 0 Å². The molecule has 0 saturated carbocycles. The molecule has 21 aromatic rings. The summed E-state index contributed by atoms with van der Waals surface area (Å²) in [6.07, 6.45) is 11.3. The minimum absolute atomic E-state index is 0. The van der Waals surface area contributed by atoms with E-state index in [0.717, 1.165) is 67.5 Å². The average Bonchev–Trinajstić information content (AvgIpc) is 1.63. The number of benzene rings is 12. The molecule has 573 valence electrons. The zero-order chi connectivity index (χ0) is 77.2. The van der Waals surface area contributed by atoms with Crippen LogP contribution in [0.5, 0.6) is 0 Å². The van der Waals surface area contributed by atoms with E-state index in [-0.39, 0.29) is 60.3 Å². The van der Waals surface area contributed by atoms with Gasteiger partial charge in [-0.1, -0.05) is 216 Å². The topological polar surface area (TPSA) is 77.3 Å². The Morgan fingerprint density at radius 2 is 0.598 bits per heavy atom. The monoisotopic (exact) mass is 2090 g/mol. The molecule has 6 nitrogen and oxygen atoms in total. The summed E-state index contributed by atoms with van der Waals surface area (Å²) in [5.74, 6) is 0. The molecule has 0 unspecified atom stereocenters. The first-order valence-corrected chi connectivity index (χ1v) is 39.9. The Hall–Kier alpha value is -11.9. The standard InChI is InChI=1S/3C18H14N.3C17H10NS.3Ir/c3*1-14-12-18(16-10-6-3-7-11-16)19-13-17(14)15-8-4-2-5-9-15;1-2-10-16-12(6-1)13-7-5-8-14(17(13)19-16)15-9-3-4-11-18-15;1-2-7-16-13(5-1)14-11-12(8-9-17(14)19-16)15-6-3-4-10-18-15;1-2-7-16-13(5-1)14-9-8-12(11-17(14)19-16)15-6-3-4-10-18-15;;;/h3*2-10,12-13H,1H3;3*1-7,9-11H;;;/q6*-1;;;. The van der Waals surface area contributed by atoms with Crippen LogP contribution in [0.2, 0.25) is 0 Å². The molecule has 0 atom stereocenters. The van der Waals surface area contributed by atoms with Gasteiger partial charge in [0.15, 0.2) is 0 Å². The second kappa shape index (κ2) is 40.6. The fraction of sp³-hybridized carbons (Fsp3) is 0.0286. The van der Waals surface area contributed by atoms with Crippen LogP contribution in [-0.2, 0) is 60.3 Å². The molecule has 12 aromatic carbocycles. The zero-order valence-electron chi connectivity index (χ0n) is 63.8. The van der Waals surface area contributed by atoms with Crippen molar-refractivity contribution in [2.45, 2.75) is 20.8 Å². The largest absolute Gasteiger partial charge is 0.305 e. The zero-order valence-corrected chi connectivity index (χ0v) is 73.4. The van der Waals surface area contributed by atoms with Gasteiger partial charge < -0.3 is 29.9 Å². The molecule has 0 aliphatic rings. The Balaban J connectivity index is 0.000000121. The fourth-order valence-electron chi connectivity index (χ4n) is 13.6. The second-order valence-electron chi connectivity index (χ2n) is 26.9. The summed E-state index contributed by atoms with van der Waals surface area (Å²) in [7, 11) is 0. The molecule has 21 rings (SSSR count). The molecule has 0 saturated heterocycles. The smallest absolute Gasteiger partial charge is 0.0246 e. The summed E-state index contributed by atoms with van der Waals surface area (Å²) in [4.78, 5) is 26.9. The van der Waals surface area contributed by atoms with Gasteiger partial charge in [0.1, 0.15) is 0 Å². The Kier molecular flexibility index (Phi) is 28.9. The Morgan fingerprint density at radius 1 is 0.231 bits per heavy atom. The number of rotatable bonds is 9. The van der Waals surface area contributed by atoms with Crippen LogP contribution in [0.25, 0.3) is 161 Å². The van der Waals surface area contributed by atoms with E-state index in [4.69, 9.17) is 0 Å². The van der Waals surface area contributed by atoms with Gasteiger partial charge in [0, 0.05) is 128 Å². The Morgan fingerprint density at radius 3 is 1.02 bits per heavy atom.